The van der Waals surface area contributed by atoms with Gasteiger partial charge in [0.15, 0.2) is 17.2 Å². The third-order valence-electron chi connectivity index (χ3n) is 6.20. The summed E-state index contributed by atoms with van der Waals surface area (Å²) >= 11 is 4.70. The highest BCUT2D eigenvalue weighted by Gasteiger charge is 2.32. The van der Waals surface area contributed by atoms with Gasteiger partial charge in [-0.1, -0.05) is 18.2 Å². The fraction of sp³-hybridized carbons (Fsp3) is 0.0625. The number of carbonyl (C=O) groups is 1. The smallest absolute Gasteiger partial charge is 0.347 e. The molecule has 1 aliphatic rings. The molecule has 4 aromatic rings. The largest absolute Gasteiger partial charge is 0.477 e. The number of carboxylic acid groups (broad SMARTS) is 1. The second-order valence-corrected chi connectivity index (χ2v) is 12.6. The third-order valence-corrected chi connectivity index (χ3v) is 9.77. The van der Waals surface area contributed by atoms with Crippen LogP contribution in [0, 0.1) is 11.3 Å². The molecule has 43 heavy (non-hydrogen) atoms. The molecule has 4 heterocycles. The van der Waals surface area contributed by atoms with Crippen LogP contribution >= 0.6 is 34.0 Å². The summed E-state index contributed by atoms with van der Waals surface area (Å²) < 4.78 is 47.5. The van der Waals surface area contributed by atoms with Crippen LogP contribution in [0.4, 0.5) is 18.9 Å². The van der Waals surface area contributed by atoms with Gasteiger partial charge in [-0.25, -0.2) is 9.18 Å². The highest BCUT2D eigenvalue weighted by Crippen LogP contribution is 2.41. The van der Waals surface area contributed by atoms with Crippen molar-refractivity contribution in [2.75, 3.05) is 19.0 Å². The molecular weight excluding hydrogens is 614 g/mol. The number of hydrogen-bond donors (Lipinski definition) is 1. The maximum absolute atomic E-state index is 14.8. The Kier molecular flexibility index (Phi) is 8.82. The normalized spacial score (nSPS) is 14.9. The topological polar surface area (TPSA) is 73.6 Å². The number of allylic oxidation sites excluding steroid dienone is 4. The molecule has 0 amide bonds. The van der Waals surface area contributed by atoms with Gasteiger partial charge in [0.05, 0.1) is 5.57 Å². The summed E-state index contributed by atoms with van der Waals surface area (Å²) in [4.78, 5) is 19.3. The second kappa shape index (κ2) is 12.7. The van der Waals surface area contributed by atoms with Crippen LogP contribution in [0.5, 0.6) is 0 Å². The molecule has 0 spiro atoms. The van der Waals surface area contributed by atoms with Crippen LogP contribution in [-0.2, 0) is 9.53 Å². The van der Waals surface area contributed by atoms with Crippen LogP contribution in [0.2, 0.25) is 0 Å². The van der Waals surface area contributed by atoms with Crippen LogP contribution in [-0.4, -0.2) is 25.2 Å². The van der Waals surface area contributed by atoms with E-state index in [0.29, 0.717) is 4.88 Å². The number of nitrogens with zero attached hydrogens (tertiary/aromatic N) is 2. The van der Waals surface area contributed by atoms with Gasteiger partial charge in [0, 0.05) is 49.0 Å². The van der Waals surface area contributed by atoms with Crippen molar-refractivity contribution in [2.45, 2.75) is 0 Å². The SMILES string of the molecule is CN(C)c1ccc(/C=C/c2ccc(-c3ccc(-c4ccc(/C=C/C5=C(F)C(=C(\C#N)C(=O)O)/C(F)=C(F)O5)s4)s3)s2)cc1. The molecule has 3 aromatic heterocycles. The van der Waals surface area contributed by atoms with Crippen LogP contribution in [0.15, 0.2) is 101 Å². The molecule has 1 N–H and O–H groups in total. The maximum atomic E-state index is 14.8. The van der Waals surface area contributed by atoms with Crippen molar-refractivity contribution in [3.8, 4) is 25.6 Å². The zero-order valence-electron chi connectivity index (χ0n) is 22.6. The summed E-state index contributed by atoms with van der Waals surface area (Å²) in [7, 11) is 4.02. The molecule has 1 aliphatic heterocycles. The van der Waals surface area contributed by atoms with Crippen molar-refractivity contribution < 1.29 is 27.8 Å². The van der Waals surface area contributed by atoms with Crippen molar-refractivity contribution in [3.05, 3.63) is 117 Å². The second-order valence-electron chi connectivity index (χ2n) is 9.26. The predicted molar refractivity (Wildman–Crippen MR) is 168 cm³/mol. The van der Waals surface area contributed by atoms with Crippen LogP contribution in [0.25, 0.3) is 37.7 Å². The molecule has 0 radical (unpaired) electrons. The van der Waals surface area contributed by atoms with Gasteiger partial charge in [0.1, 0.15) is 6.07 Å². The van der Waals surface area contributed by atoms with Crippen LogP contribution in [0.3, 0.4) is 0 Å². The molecule has 11 heteroatoms. The molecule has 5 nitrogen and oxygen atoms in total. The summed E-state index contributed by atoms with van der Waals surface area (Å²) in [6.45, 7) is 0. The van der Waals surface area contributed by atoms with E-state index in [2.05, 4.69) is 64.3 Å². The summed E-state index contributed by atoms with van der Waals surface area (Å²) in [5.74, 6) is -6.00. The van der Waals surface area contributed by atoms with Crippen LogP contribution in [0.1, 0.15) is 15.3 Å². The van der Waals surface area contributed by atoms with E-state index < -0.39 is 40.5 Å². The van der Waals surface area contributed by atoms with E-state index in [9.17, 15) is 18.0 Å². The van der Waals surface area contributed by atoms with E-state index in [0.717, 1.165) is 41.7 Å². The highest BCUT2D eigenvalue weighted by molar-refractivity contribution is 7.26. The number of aliphatic carboxylic acids is 1. The van der Waals surface area contributed by atoms with E-state index in [1.165, 1.54) is 23.5 Å². The van der Waals surface area contributed by atoms with Gasteiger partial charge in [0.2, 0.25) is 5.83 Å². The molecule has 0 saturated carbocycles. The Labute approximate surface area is 257 Å². The van der Waals surface area contributed by atoms with Gasteiger partial charge in [-0.15, -0.1) is 34.0 Å². The maximum Gasteiger partial charge on any atom is 0.347 e. The number of thiophene rings is 3. The number of hydrogen-bond acceptors (Lipinski definition) is 7. The van der Waals surface area contributed by atoms with Gasteiger partial charge in [-0.3, -0.25) is 0 Å². The number of benzene rings is 1. The molecule has 0 saturated heterocycles. The Balaban J connectivity index is 1.30. The van der Waals surface area contributed by atoms with Gasteiger partial charge in [-0.05, 0) is 72.3 Å². The first-order valence-corrected chi connectivity index (χ1v) is 15.0. The zero-order valence-corrected chi connectivity index (χ0v) is 25.0. The lowest BCUT2D eigenvalue weighted by Gasteiger charge is -2.15. The zero-order chi connectivity index (χ0) is 30.7. The Morgan fingerprint density at radius 2 is 1.33 bits per heavy atom. The van der Waals surface area contributed by atoms with Crippen molar-refractivity contribution in [1.29, 1.82) is 5.26 Å². The first-order chi connectivity index (χ1) is 20.6. The number of halogens is 3. The average molecular weight is 635 g/mol. The molecule has 5 rings (SSSR count). The summed E-state index contributed by atoms with van der Waals surface area (Å²) in [5, 5.41) is 18.1. The molecule has 0 unspecified atom stereocenters. The van der Waals surface area contributed by atoms with Gasteiger partial charge in [-0.2, -0.15) is 14.0 Å². The minimum Gasteiger partial charge on any atom is -0.477 e. The average Bonchev–Trinajstić information content (AvgIpc) is 3.76. The Morgan fingerprint density at radius 1 is 0.791 bits per heavy atom. The lowest BCUT2D eigenvalue weighted by molar-refractivity contribution is -0.132. The summed E-state index contributed by atoms with van der Waals surface area (Å²) in [5.41, 5.74) is -0.295. The minimum atomic E-state index is -1.89. The minimum absolute atomic E-state index is 0.663. The Morgan fingerprint density at radius 3 is 1.86 bits per heavy atom. The number of nitriles is 1. The first-order valence-electron chi connectivity index (χ1n) is 12.6. The summed E-state index contributed by atoms with van der Waals surface area (Å²) in [6.07, 6.45) is 6.68. The molecule has 1 aromatic carbocycles. The van der Waals surface area contributed by atoms with Crippen molar-refractivity contribution >= 4 is 63.9 Å². The molecule has 0 bridgehead atoms. The van der Waals surface area contributed by atoms with E-state index >= 15 is 0 Å². The number of rotatable bonds is 8. The fourth-order valence-electron chi connectivity index (χ4n) is 4.01. The first kappa shape index (κ1) is 29.8. The molecular formula is C32H21F3N2O3S3. The van der Waals surface area contributed by atoms with Gasteiger partial charge in [0.25, 0.3) is 0 Å². The van der Waals surface area contributed by atoms with Crippen LogP contribution < -0.4 is 4.90 Å². The van der Waals surface area contributed by atoms with E-state index in [1.807, 2.05) is 26.2 Å². The highest BCUT2D eigenvalue weighted by atomic mass is 32.1. The van der Waals surface area contributed by atoms with E-state index in [4.69, 9.17) is 10.4 Å². The monoisotopic (exact) mass is 634 g/mol. The molecule has 0 atom stereocenters. The van der Waals surface area contributed by atoms with Gasteiger partial charge < -0.3 is 14.7 Å². The quantitative estimate of drug-likeness (QED) is 0.154. The predicted octanol–water partition coefficient (Wildman–Crippen LogP) is 9.68. The molecule has 216 valence electrons. The number of ether oxygens (including phenoxy) is 1. The lowest BCUT2D eigenvalue weighted by Crippen LogP contribution is -2.10. The molecule has 0 fully saturated rings. The third kappa shape index (κ3) is 6.57. The van der Waals surface area contributed by atoms with E-state index in [1.54, 1.807) is 28.7 Å². The lowest BCUT2D eigenvalue weighted by atomic mass is 10.0. The molecule has 0 aliphatic carbocycles. The Bertz CT molecular complexity index is 1900. The number of carboxylic acids is 1. The van der Waals surface area contributed by atoms with E-state index in [-0.39, 0.29) is 0 Å². The van der Waals surface area contributed by atoms with Crippen molar-refractivity contribution in [1.82, 2.24) is 0 Å². The standard InChI is InChI=1S/C32H21F3N2O3S3/c1-37(2)19-6-3-18(4-7-19)5-8-20-10-13-24(41-20)26-15-16-27(43-26)25-14-11-21(42-25)9-12-23-29(33)28(22(17-36)32(38)39)30(34)31(35)40-23/h3-16H,1-2H3,(H,38,39)/b8-5+,12-9+,28-22-. The Hall–Kier alpha value is -4.63. The summed E-state index contributed by atoms with van der Waals surface area (Å²) in [6, 6.07) is 19.6. The van der Waals surface area contributed by atoms with Crippen molar-refractivity contribution in [3.63, 3.8) is 0 Å². The number of anilines is 1. The van der Waals surface area contributed by atoms with Crippen molar-refractivity contribution in [2.24, 2.45) is 0 Å². The van der Waals surface area contributed by atoms with Gasteiger partial charge >= 0.3 is 12.0 Å². The fourth-order valence-corrected chi connectivity index (χ4v) is 7.02.